The smallest absolute Gasteiger partial charge is 0.307 e. The molecule has 1 fully saturated rings. The molecule has 7 heteroatoms. The Bertz CT molecular complexity index is 602. The van der Waals surface area contributed by atoms with E-state index in [9.17, 15) is 13.2 Å². The van der Waals surface area contributed by atoms with Crippen LogP contribution in [0.3, 0.4) is 0 Å². The lowest BCUT2D eigenvalue weighted by molar-refractivity contribution is -0.142. The van der Waals surface area contributed by atoms with Gasteiger partial charge < -0.3 is 5.11 Å². The summed E-state index contributed by atoms with van der Waals surface area (Å²) in [6.07, 6.45) is 1.13. The number of hydrogen-bond donors (Lipinski definition) is 1. The normalized spacial score (nSPS) is 20.8. The van der Waals surface area contributed by atoms with Crippen LogP contribution in [0.15, 0.2) is 28.7 Å². The van der Waals surface area contributed by atoms with Gasteiger partial charge in [-0.25, -0.2) is 12.7 Å². The summed E-state index contributed by atoms with van der Waals surface area (Å²) in [6.45, 7) is 0.471. The first kappa shape index (κ1) is 15.5. The van der Waals surface area contributed by atoms with Crippen LogP contribution in [0.2, 0.25) is 0 Å². The van der Waals surface area contributed by atoms with Crippen LogP contribution in [0.1, 0.15) is 18.4 Å². The summed E-state index contributed by atoms with van der Waals surface area (Å²) < 4.78 is 26.8. The van der Waals surface area contributed by atoms with Crippen LogP contribution in [-0.4, -0.2) is 36.9 Å². The van der Waals surface area contributed by atoms with Crippen LogP contribution in [0.25, 0.3) is 0 Å². The lowest BCUT2D eigenvalue weighted by Gasteiger charge is -2.29. The first-order valence-corrected chi connectivity index (χ1v) is 8.74. The van der Waals surface area contributed by atoms with Gasteiger partial charge in [0.1, 0.15) is 0 Å². The molecule has 1 N–H and O–H groups in total. The maximum absolute atomic E-state index is 12.4. The van der Waals surface area contributed by atoms with Crippen molar-refractivity contribution in [2.75, 3.05) is 13.1 Å². The van der Waals surface area contributed by atoms with Crippen LogP contribution in [0, 0.1) is 5.92 Å². The second-order valence-corrected chi connectivity index (χ2v) is 7.71. The SMILES string of the molecule is O=C(O)C1CCCN(S(=O)(=O)Cc2ccccc2Br)C1. The maximum Gasteiger partial charge on any atom is 0.307 e. The molecule has 110 valence electrons. The third-order valence-electron chi connectivity index (χ3n) is 3.42. The number of piperidine rings is 1. The van der Waals surface area contributed by atoms with Crippen molar-refractivity contribution in [3.05, 3.63) is 34.3 Å². The van der Waals surface area contributed by atoms with E-state index in [-0.39, 0.29) is 12.3 Å². The van der Waals surface area contributed by atoms with E-state index in [1.54, 1.807) is 18.2 Å². The van der Waals surface area contributed by atoms with Crippen LogP contribution in [0.5, 0.6) is 0 Å². The molecule has 20 heavy (non-hydrogen) atoms. The molecule has 1 aromatic carbocycles. The minimum Gasteiger partial charge on any atom is -0.481 e. The van der Waals surface area contributed by atoms with Crippen LogP contribution < -0.4 is 0 Å². The summed E-state index contributed by atoms with van der Waals surface area (Å²) in [4.78, 5) is 11.0. The third kappa shape index (κ3) is 3.59. The van der Waals surface area contributed by atoms with Gasteiger partial charge in [-0.2, -0.15) is 0 Å². The van der Waals surface area contributed by atoms with Crippen LogP contribution in [-0.2, 0) is 20.6 Å². The fraction of sp³-hybridized carbons (Fsp3) is 0.462. The highest BCUT2D eigenvalue weighted by atomic mass is 79.9. The molecule has 1 aliphatic heterocycles. The molecule has 0 saturated carbocycles. The van der Waals surface area contributed by atoms with Crippen molar-refractivity contribution in [1.29, 1.82) is 0 Å². The van der Waals surface area contributed by atoms with E-state index in [0.29, 0.717) is 24.9 Å². The summed E-state index contributed by atoms with van der Waals surface area (Å²) in [7, 11) is -3.49. The van der Waals surface area contributed by atoms with E-state index >= 15 is 0 Å². The Kier molecular flexibility index (Phi) is 4.82. The molecule has 1 unspecified atom stereocenters. The molecule has 0 spiro atoms. The summed E-state index contributed by atoms with van der Waals surface area (Å²) in [5.41, 5.74) is 0.685. The lowest BCUT2D eigenvalue weighted by atomic mass is 10.0. The number of benzene rings is 1. The molecular formula is C13H16BrNO4S. The molecule has 2 rings (SSSR count). The van der Waals surface area contributed by atoms with Crippen LogP contribution in [0.4, 0.5) is 0 Å². The predicted octanol–water partition coefficient (Wildman–Crippen LogP) is 2.08. The highest BCUT2D eigenvalue weighted by Crippen LogP contribution is 2.24. The van der Waals surface area contributed by atoms with Crippen molar-refractivity contribution in [3.63, 3.8) is 0 Å². The topological polar surface area (TPSA) is 74.7 Å². The van der Waals surface area contributed by atoms with E-state index < -0.39 is 21.9 Å². The Morgan fingerprint density at radius 1 is 1.40 bits per heavy atom. The number of rotatable bonds is 4. The first-order valence-electron chi connectivity index (χ1n) is 6.34. The summed E-state index contributed by atoms with van der Waals surface area (Å²) >= 11 is 3.33. The Hall–Kier alpha value is -0.920. The van der Waals surface area contributed by atoms with Crippen molar-refractivity contribution in [2.24, 2.45) is 5.92 Å². The number of aliphatic carboxylic acids is 1. The molecule has 0 bridgehead atoms. The molecule has 0 radical (unpaired) electrons. The zero-order valence-corrected chi connectivity index (χ0v) is 13.2. The largest absolute Gasteiger partial charge is 0.481 e. The van der Waals surface area contributed by atoms with Gasteiger partial charge in [0.2, 0.25) is 10.0 Å². The monoisotopic (exact) mass is 361 g/mol. The number of carboxylic acids is 1. The van der Waals surface area contributed by atoms with Gasteiger partial charge in [0.25, 0.3) is 0 Å². The molecule has 0 amide bonds. The molecule has 1 saturated heterocycles. The van der Waals surface area contributed by atoms with Gasteiger partial charge in [0, 0.05) is 17.6 Å². The number of carbonyl (C=O) groups is 1. The van der Waals surface area contributed by atoms with Gasteiger partial charge in [0.05, 0.1) is 11.7 Å². The predicted molar refractivity (Wildman–Crippen MR) is 78.7 cm³/mol. The average molecular weight is 362 g/mol. The summed E-state index contributed by atoms with van der Waals surface area (Å²) in [6, 6.07) is 7.15. The van der Waals surface area contributed by atoms with Crippen LogP contribution >= 0.6 is 15.9 Å². The summed E-state index contributed by atoms with van der Waals surface area (Å²) in [5, 5.41) is 9.03. The Labute approximate surface area is 126 Å². The third-order valence-corrected chi connectivity index (χ3v) is 5.99. The van der Waals surface area contributed by atoms with E-state index in [0.717, 1.165) is 4.47 Å². The average Bonchev–Trinajstić information content (AvgIpc) is 2.41. The minimum absolute atomic E-state index is 0.0715. The Morgan fingerprint density at radius 3 is 2.75 bits per heavy atom. The standard InChI is InChI=1S/C13H16BrNO4S/c14-12-6-2-1-4-11(12)9-20(18,19)15-7-3-5-10(8-15)13(16)17/h1-2,4,6,10H,3,5,7-9H2,(H,16,17). The number of carboxylic acid groups (broad SMARTS) is 1. The number of hydrogen-bond acceptors (Lipinski definition) is 3. The highest BCUT2D eigenvalue weighted by Gasteiger charge is 2.32. The van der Waals surface area contributed by atoms with Crippen molar-refractivity contribution in [3.8, 4) is 0 Å². The van der Waals surface area contributed by atoms with Gasteiger partial charge in [-0.15, -0.1) is 0 Å². The highest BCUT2D eigenvalue weighted by molar-refractivity contribution is 9.10. The van der Waals surface area contributed by atoms with Crippen molar-refractivity contribution in [1.82, 2.24) is 4.31 Å². The fourth-order valence-corrected chi connectivity index (χ4v) is 4.55. The Balaban J connectivity index is 2.14. The van der Waals surface area contributed by atoms with Gasteiger partial charge in [0.15, 0.2) is 0 Å². The molecule has 1 atom stereocenters. The maximum atomic E-state index is 12.4. The molecule has 0 aromatic heterocycles. The van der Waals surface area contributed by atoms with Crippen molar-refractivity contribution in [2.45, 2.75) is 18.6 Å². The van der Waals surface area contributed by atoms with Gasteiger partial charge in [-0.3, -0.25) is 4.79 Å². The molecule has 5 nitrogen and oxygen atoms in total. The minimum atomic E-state index is -3.49. The molecule has 1 aliphatic rings. The van der Waals surface area contributed by atoms with Gasteiger partial charge >= 0.3 is 5.97 Å². The molecule has 1 aromatic rings. The lowest BCUT2D eigenvalue weighted by Crippen LogP contribution is -2.42. The second-order valence-electron chi connectivity index (χ2n) is 4.88. The van der Waals surface area contributed by atoms with Crippen molar-refractivity contribution < 1.29 is 18.3 Å². The van der Waals surface area contributed by atoms with E-state index in [2.05, 4.69) is 15.9 Å². The first-order chi connectivity index (χ1) is 9.40. The Morgan fingerprint density at radius 2 is 2.10 bits per heavy atom. The number of nitrogens with zero attached hydrogens (tertiary/aromatic N) is 1. The van der Waals surface area contributed by atoms with E-state index in [1.165, 1.54) is 4.31 Å². The second kappa shape index (κ2) is 6.24. The molecular weight excluding hydrogens is 346 g/mol. The molecule has 0 aliphatic carbocycles. The quantitative estimate of drug-likeness (QED) is 0.890. The van der Waals surface area contributed by atoms with Gasteiger partial charge in [-0.05, 0) is 24.5 Å². The number of sulfonamides is 1. The fourth-order valence-electron chi connectivity index (χ4n) is 2.30. The van der Waals surface area contributed by atoms with Crippen molar-refractivity contribution >= 4 is 31.9 Å². The van der Waals surface area contributed by atoms with E-state index in [1.807, 2.05) is 6.07 Å². The zero-order chi connectivity index (χ0) is 14.8. The van der Waals surface area contributed by atoms with Gasteiger partial charge in [-0.1, -0.05) is 34.1 Å². The zero-order valence-electron chi connectivity index (χ0n) is 10.8. The summed E-state index contributed by atoms with van der Waals surface area (Å²) in [5.74, 6) is -1.63. The van der Waals surface area contributed by atoms with E-state index in [4.69, 9.17) is 5.11 Å². The number of halogens is 1. The molecule has 1 heterocycles.